The third-order valence-corrected chi connectivity index (χ3v) is 5.23. The van der Waals surface area contributed by atoms with Gasteiger partial charge in [0, 0.05) is 12.5 Å². The van der Waals surface area contributed by atoms with Crippen molar-refractivity contribution in [3.63, 3.8) is 0 Å². The molecule has 0 saturated carbocycles. The SMILES string of the molecule is C[C@@H](NC(=O)C(CNC(=O)OCC1c2ccccc2-c2ccccc21)C(F)(F)F)C(=O)O. The number of carboxylic acid groups (broad SMARTS) is 1. The van der Waals surface area contributed by atoms with Crippen molar-refractivity contribution in [1.82, 2.24) is 10.6 Å². The summed E-state index contributed by atoms with van der Waals surface area (Å²) in [6.45, 7) is -0.149. The first kappa shape index (κ1) is 23.1. The van der Waals surface area contributed by atoms with Crippen LogP contribution in [-0.4, -0.2) is 48.4 Å². The van der Waals surface area contributed by atoms with E-state index in [1.54, 1.807) is 5.32 Å². The highest BCUT2D eigenvalue weighted by Crippen LogP contribution is 2.44. The smallest absolute Gasteiger partial charge is 0.407 e. The van der Waals surface area contributed by atoms with Crippen molar-refractivity contribution < 1.29 is 37.4 Å². The van der Waals surface area contributed by atoms with E-state index in [1.165, 1.54) is 0 Å². The monoisotopic (exact) mass is 450 g/mol. The van der Waals surface area contributed by atoms with E-state index >= 15 is 0 Å². The zero-order valence-corrected chi connectivity index (χ0v) is 17.0. The standard InChI is InChI=1S/C22H21F3N2O5/c1-12(20(29)30)27-19(28)18(22(23,24)25)10-26-21(31)32-11-17-15-8-4-2-6-13(15)14-7-3-5-9-16(14)17/h2-9,12,17-18H,10-11H2,1H3,(H,26,31)(H,27,28)(H,29,30)/t12-,18?/m1/s1. The van der Waals surface area contributed by atoms with E-state index in [4.69, 9.17) is 9.84 Å². The molecule has 0 saturated heterocycles. The third kappa shape index (κ3) is 5.01. The van der Waals surface area contributed by atoms with Gasteiger partial charge in [0.05, 0.1) is 0 Å². The zero-order valence-electron chi connectivity index (χ0n) is 17.0. The van der Waals surface area contributed by atoms with E-state index in [9.17, 15) is 27.6 Å². The number of hydrogen-bond acceptors (Lipinski definition) is 4. The van der Waals surface area contributed by atoms with Crippen LogP contribution >= 0.6 is 0 Å². The number of fused-ring (bicyclic) bond motifs is 3. The van der Waals surface area contributed by atoms with Crippen LogP contribution in [0.1, 0.15) is 24.0 Å². The van der Waals surface area contributed by atoms with Crippen molar-refractivity contribution in [2.24, 2.45) is 5.92 Å². The lowest BCUT2D eigenvalue weighted by Crippen LogP contribution is -2.50. The first-order chi connectivity index (χ1) is 15.1. The van der Waals surface area contributed by atoms with Crippen LogP contribution in [-0.2, 0) is 14.3 Å². The number of nitrogens with one attached hydrogen (secondary N) is 2. The molecular weight excluding hydrogens is 429 g/mol. The Morgan fingerprint density at radius 1 is 1.03 bits per heavy atom. The fourth-order valence-corrected chi connectivity index (χ4v) is 3.57. The minimum atomic E-state index is -4.99. The van der Waals surface area contributed by atoms with Crippen LogP contribution < -0.4 is 10.6 Å². The van der Waals surface area contributed by atoms with Gasteiger partial charge in [-0.25, -0.2) is 4.79 Å². The minimum Gasteiger partial charge on any atom is -0.480 e. The number of carbonyl (C=O) groups excluding carboxylic acids is 2. The molecule has 0 heterocycles. The van der Waals surface area contributed by atoms with Crippen LogP contribution in [0.4, 0.5) is 18.0 Å². The number of carboxylic acids is 1. The van der Waals surface area contributed by atoms with E-state index in [0.717, 1.165) is 29.2 Å². The van der Waals surface area contributed by atoms with Crippen molar-refractivity contribution >= 4 is 18.0 Å². The number of amides is 2. The predicted molar refractivity (Wildman–Crippen MR) is 108 cm³/mol. The summed E-state index contributed by atoms with van der Waals surface area (Å²) in [7, 11) is 0. The van der Waals surface area contributed by atoms with Gasteiger partial charge in [0.2, 0.25) is 5.91 Å². The van der Waals surface area contributed by atoms with Gasteiger partial charge in [0.15, 0.2) is 5.92 Å². The maximum atomic E-state index is 13.2. The Bertz CT molecular complexity index is 979. The van der Waals surface area contributed by atoms with E-state index in [1.807, 2.05) is 53.8 Å². The Morgan fingerprint density at radius 2 is 1.56 bits per heavy atom. The largest absolute Gasteiger partial charge is 0.480 e. The van der Waals surface area contributed by atoms with Crippen molar-refractivity contribution in [3.05, 3.63) is 59.7 Å². The molecule has 2 aromatic carbocycles. The van der Waals surface area contributed by atoms with Crippen LogP contribution in [0, 0.1) is 5.92 Å². The second-order valence-electron chi connectivity index (χ2n) is 7.37. The van der Waals surface area contributed by atoms with Gasteiger partial charge in [-0.05, 0) is 29.2 Å². The molecule has 2 atom stereocenters. The van der Waals surface area contributed by atoms with Gasteiger partial charge in [-0.3, -0.25) is 9.59 Å². The summed E-state index contributed by atoms with van der Waals surface area (Å²) < 4.78 is 44.9. The summed E-state index contributed by atoms with van der Waals surface area (Å²) in [5.74, 6) is -5.92. The molecule has 0 bridgehead atoms. The fraction of sp³-hybridized carbons (Fsp3) is 0.318. The van der Waals surface area contributed by atoms with Gasteiger partial charge in [0.25, 0.3) is 0 Å². The van der Waals surface area contributed by atoms with Gasteiger partial charge in [-0.1, -0.05) is 48.5 Å². The summed E-state index contributed by atoms with van der Waals surface area (Å²) in [4.78, 5) is 34.7. The quantitative estimate of drug-likeness (QED) is 0.601. The molecule has 0 aromatic heterocycles. The molecule has 7 nitrogen and oxygen atoms in total. The second-order valence-corrected chi connectivity index (χ2v) is 7.37. The minimum absolute atomic E-state index is 0.0984. The number of halogens is 3. The normalized spacial score (nSPS) is 14.6. The number of alkyl halides is 3. The van der Waals surface area contributed by atoms with Crippen molar-refractivity contribution in [1.29, 1.82) is 0 Å². The molecule has 1 aliphatic rings. The first-order valence-corrected chi connectivity index (χ1v) is 9.78. The van der Waals surface area contributed by atoms with Gasteiger partial charge in [-0.15, -0.1) is 0 Å². The molecule has 2 amide bonds. The maximum Gasteiger partial charge on any atom is 0.407 e. The Hall–Kier alpha value is -3.56. The highest BCUT2D eigenvalue weighted by molar-refractivity contribution is 5.85. The van der Waals surface area contributed by atoms with Crippen LogP contribution in [0.25, 0.3) is 11.1 Å². The van der Waals surface area contributed by atoms with Crippen molar-refractivity contribution in [2.75, 3.05) is 13.2 Å². The fourth-order valence-electron chi connectivity index (χ4n) is 3.57. The molecule has 0 spiro atoms. The molecule has 0 radical (unpaired) electrons. The summed E-state index contributed by atoms with van der Waals surface area (Å²) in [6, 6.07) is 13.6. The van der Waals surface area contributed by atoms with Gasteiger partial charge < -0.3 is 20.5 Å². The molecular formula is C22H21F3N2O5. The summed E-state index contributed by atoms with van der Waals surface area (Å²) in [6.07, 6.45) is -6.10. The average Bonchev–Trinajstić information content (AvgIpc) is 3.05. The molecule has 10 heteroatoms. The third-order valence-electron chi connectivity index (χ3n) is 5.23. The van der Waals surface area contributed by atoms with Crippen LogP contribution in [0.15, 0.2) is 48.5 Å². The highest BCUT2D eigenvalue weighted by Gasteiger charge is 2.45. The Morgan fingerprint density at radius 3 is 2.06 bits per heavy atom. The zero-order chi connectivity index (χ0) is 23.5. The molecule has 3 rings (SSSR count). The van der Waals surface area contributed by atoms with Crippen LogP contribution in [0.2, 0.25) is 0 Å². The summed E-state index contributed by atoms with van der Waals surface area (Å²) >= 11 is 0. The lowest BCUT2D eigenvalue weighted by Gasteiger charge is -2.21. The topological polar surface area (TPSA) is 105 Å². The number of ether oxygens (including phenoxy) is 1. The van der Waals surface area contributed by atoms with Gasteiger partial charge in [-0.2, -0.15) is 13.2 Å². The van der Waals surface area contributed by atoms with Crippen molar-refractivity contribution in [2.45, 2.75) is 25.1 Å². The molecule has 0 aliphatic heterocycles. The Balaban J connectivity index is 1.62. The lowest BCUT2D eigenvalue weighted by molar-refractivity contribution is -0.182. The number of hydrogen-bond donors (Lipinski definition) is 3. The van der Waals surface area contributed by atoms with Crippen LogP contribution in [0.5, 0.6) is 0 Å². The molecule has 32 heavy (non-hydrogen) atoms. The van der Waals surface area contributed by atoms with E-state index in [0.29, 0.717) is 0 Å². The number of benzene rings is 2. The lowest BCUT2D eigenvalue weighted by atomic mass is 9.98. The maximum absolute atomic E-state index is 13.2. The van der Waals surface area contributed by atoms with E-state index in [2.05, 4.69) is 0 Å². The van der Waals surface area contributed by atoms with E-state index in [-0.39, 0.29) is 12.5 Å². The Kier molecular flexibility index (Phi) is 6.71. The summed E-state index contributed by atoms with van der Waals surface area (Å²) in [5.41, 5.74) is 3.88. The number of carbonyl (C=O) groups is 3. The van der Waals surface area contributed by atoms with Crippen molar-refractivity contribution in [3.8, 4) is 11.1 Å². The second kappa shape index (κ2) is 9.29. The van der Waals surface area contributed by atoms with Gasteiger partial charge in [0.1, 0.15) is 12.6 Å². The first-order valence-electron chi connectivity index (χ1n) is 9.78. The molecule has 1 unspecified atom stereocenters. The molecule has 3 N–H and O–H groups in total. The molecule has 170 valence electrons. The number of aliphatic carboxylic acids is 1. The van der Waals surface area contributed by atoms with Gasteiger partial charge >= 0.3 is 18.2 Å². The Labute approximate surface area is 181 Å². The number of rotatable bonds is 7. The average molecular weight is 450 g/mol. The molecule has 1 aliphatic carbocycles. The highest BCUT2D eigenvalue weighted by atomic mass is 19.4. The molecule has 0 fully saturated rings. The molecule has 2 aromatic rings. The number of alkyl carbamates (subject to hydrolysis) is 1. The summed E-state index contributed by atoms with van der Waals surface area (Å²) in [5, 5.41) is 12.5. The van der Waals surface area contributed by atoms with Crippen LogP contribution in [0.3, 0.4) is 0 Å². The predicted octanol–water partition coefficient (Wildman–Crippen LogP) is 3.29. The van der Waals surface area contributed by atoms with E-state index < -0.39 is 42.7 Å².